The Hall–Kier alpha value is -0.120. The molecule has 0 aromatic carbocycles. The van der Waals surface area contributed by atoms with Crippen LogP contribution >= 0.6 is 0 Å². The van der Waals surface area contributed by atoms with Gasteiger partial charge in [-0.2, -0.15) is 0 Å². The highest BCUT2D eigenvalue weighted by Crippen LogP contribution is 2.03. The molecule has 16 heavy (non-hydrogen) atoms. The summed E-state index contributed by atoms with van der Waals surface area (Å²) in [5.41, 5.74) is 0. The first-order chi connectivity index (χ1) is 7.79. The summed E-state index contributed by atoms with van der Waals surface area (Å²) in [6.45, 7) is 14.8. The quantitative estimate of drug-likeness (QED) is 0.550. The van der Waals surface area contributed by atoms with Crippen LogP contribution in [0.2, 0.25) is 0 Å². The SMILES string of the molecule is CCCNCC(CC)N(CC)CCOCC. The Kier molecular flexibility index (Phi) is 11.3. The first-order valence-corrected chi connectivity index (χ1v) is 6.82. The minimum Gasteiger partial charge on any atom is -0.380 e. The summed E-state index contributed by atoms with van der Waals surface area (Å²) in [5, 5.41) is 3.51. The first-order valence-electron chi connectivity index (χ1n) is 6.82. The van der Waals surface area contributed by atoms with Crippen LogP contribution in [-0.4, -0.2) is 50.3 Å². The molecule has 0 aromatic heterocycles. The van der Waals surface area contributed by atoms with Crippen LogP contribution in [0.3, 0.4) is 0 Å². The molecule has 0 aliphatic rings. The van der Waals surface area contributed by atoms with Gasteiger partial charge < -0.3 is 10.1 Å². The molecule has 0 aromatic rings. The lowest BCUT2D eigenvalue weighted by Crippen LogP contribution is -2.43. The van der Waals surface area contributed by atoms with Crippen LogP contribution in [0.1, 0.15) is 40.5 Å². The van der Waals surface area contributed by atoms with Crippen LogP contribution in [0.25, 0.3) is 0 Å². The van der Waals surface area contributed by atoms with Crippen molar-refractivity contribution in [1.82, 2.24) is 10.2 Å². The Morgan fingerprint density at radius 2 is 1.94 bits per heavy atom. The molecule has 0 saturated carbocycles. The average Bonchev–Trinajstić information content (AvgIpc) is 2.31. The molecule has 1 atom stereocenters. The maximum Gasteiger partial charge on any atom is 0.0593 e. The van der Waals surface area contributed by atoms with E-state index in [0.717, 1.165) is 39.4 Å². The fourth-order valence-corrected chi connectivity index (χ4v) is 1.90. The van der Waals surface area contributed by atoms with E-state index in [9.17, 15) is 0 Å². The highest BCUT2D eigenvalue weighted by Gasteiger charge is 2.13. The molecule has 3 heteroatoms. The minimum atomic E-state index is 0.650. The predicted molar refractivity (Wildman–Crippen MR) is 71.0 cm³/mol. The smallest absolute Gasteiger partial charge is 0.0593 e. The third kappa shape index (κ3) is 7.20. The number of nitrogens with zero attached hydrogens (tertiary/aromatic N) is 1. The van der Waals surface area contributed by atoms with Gasteiger partial charge in [0, 0.05) is 25.7 Å². The molecule has 1 unspecified atom stereocenters. The van der Waals surface area contributed by atoms with Crippen molar-refractivity contribution in [2.75, 3.05) is 39.4 Å². The van der Waals surface area contributed by atoms with Gasteiger partial charge in [0.2, 0.25) is 0 Å². The molecule has 0 heterocycles. The molecule has 0 saturated heterocycles. The Morgan fingerprint density at radius 1 is 1.19 bits per heavy atom. The van der Waals surface area contributed by atoms with Crippen molar-refractivity contribution in [3.8, 4) is 0 Å². The van der Waals surface area contributed by atoms with Gasteiger partial charge >= 0.3 is 0 Å². The summed E-state index contributed by atoms with van der Waals surface area (Å²) < 4.78 is 5.42. The van der Waals surface area contributed by atoms with Crippen molar-refractivity contribution in [2.45, 2.75) is 46.6 Å². The number of ether oxygens (including phenoxy) is 1. The lowest BCUT2D eigenvalue weighted by molar-refractivity contribution is 0.0950. The molecule has 98 valence electrons. The number of hydrogen-bond donors (Lipinski definition) is 1. The van der Waals surface area contributed by atoms with Gasteiger partial charge in [0.15, 0.2) is 0 Å². The van der Waals surface area contributed by atoms with E-state index in [-0.39, 0.29) is 0 Å². The van der Waals surface area contributed by atoms with Crippen molar-refractivity contribution in [3.05, 3.63) is 0 Å². The van der Waals surface area contributed by atoms with Gasteiger partial charge in [0.25, 0.3) is 0 Å². The second-order valence-electron chi connectivity index (χ2n) is 4.09. The monoisotopic (exact) mass is 230 g/mol. The molecule has 0 bridgehead atoms. The van der Waals surface area contributed by atoms with E-state index in [2.05, 4.69) is 37.9 Å². The Balaban J connectivity index is 3.85. The van der Waals surface area contributed by atoms with E-state index >= 15 is 0 Å². The Labute approximate surface area is 102 Å². The summed E-state index contributed by atoms with van der Waals surface area (Å²) in [4.78, 5) is 2.51. The van der Waals surface area contributed by atoms with Crippen LogP contribution in [0, 0.1) is 0 Å². The topological polar surface area (TPSA) is 24.5 Å². The number of hydrogen-bond acceptors (Lipinski definition) is 3. The van der Waals surface area contributed by atoms with Crippen LogP contribution in [0.15, 0.2) is 0 Å². The third-order valence-corrected chi connectivity index (χ3v) is 2.93. The summed E-state index contributed by atoms with van der Waals surface area (Å²) in [5.74, 6) is 0. The minimum absolute atomic E-state index is 0.650. The predicted octanol–water partition coefficient (Wildman–Crippen LogP) is 2.12. The van der Waals surface area contributed by atoms with Crippen molar-refractivity contribution in [1.29, 1.82) is 0 Å². The van der Waals surface area contributed by atoms with Crippen molar-refractivity contribution in [2.24, 2.45) is 0 Å². The molecule has 0 aliphatic carbocycles. The molecule has 0 spiro atoms. The Bertz CT molecular complexity index is 126. The van der Waals surface area contributed by atoms with E-state index in [1.54, 1.807) is 0 Å². The second kappa shape index (κ2) is 11.4. The highest BCUT2D eigenvalue weighted by atomic mass is 16.5. The first kappa shape index (κ1) is 15.9. The molecule has 0 aliphatic heterocycles. The summed E-state index contributed by atoms with van der Waals surface area (Å²) in [6, 6.07) is 0.650. The van der Waals surface area contributed by atoms with Gasteiger partial charge in [0.1, 0.15) is 0 Å². The zero-order chi connectivity index (χ0) is 12.2. The van der Waals surface area contributed by atoms with Gasteiger partial charge in [-0.05, 0) is 32.9 Å². The lowest BCUT2D eigenvalue weighted by Gasteiger charge is -2.30. The largest absolute Gasteiger partial charge is 0.380 e. The maximum atomic E-state index is 5.42. The van der Waals surface area contributed by atoms with E-state index in [1.807, 2.05) is 0 Å². The molecule has 0 rings (SSSR count). The summed E-state index contributed by atoms with van der Waals surface area (Å²) in [6.07, 6.45) is 2.41. The normalized spacial score (nSPS) is 13.3. The van der Waals surface area contributed by atoms with Crippen LogP contribution < -0.4 is 5.32 Å². The van der Waals surface area contributed by atoms with E-state index in [4.69, 9.17) is 4.74 Å². The van der Waals surface area contributed by atoms with Gasteiger partial charge in [0.05, 0.1) is 6.61 Å². The van der Waals surface area contributed by atoms with E-state index in [0.29, 0.717) is 6.04 Å². The zero-order valence-electron chi connectivity index (χ0n) is 11.6. The van der Waals surface area contributed by atoms with Crippen LogP contribution in [0.5, 0.6) is 0 Å². The standard InChI is InChI=1S/C13H30N2O/c1-5-9-14-12-13(6-2)15(7-3)10-11-16-8-4/h13-14H,5-12H2,1-4H3. The van der Waals surface area contributed by atoms with Gasteiger partial charge in [-0.15, -0.1) is 0 Å². The van der Waals surface area contributed by atoms with Crippen molar-refractivity contribution in [3.63, 3.8) is 0 Å². The van der Waals surface area contributed by atoms with E-state index < -0.39 is 0 Å². The second-order valence-corrected chi connectivity index (χ2v) is 4.09. The van der Waals surface area contributed by atoms with Gasteiger partial charge in [-0.3, -0.25) is 4.90 Å². The molecule has 1 N–H and O–H groups in total. The molecule has 0 amide bonds. The van der Waals surface area contributed by atoms with Crippen LogP contribution in [-0.2, 0) is 4.74 Å². The molecular formula is C13H30N2O. The molecule has 0 fully saturated rings. The van der Waals surface area contributed by atoms with Gasteiger partial charge in [-0.1, -0.05) is 20.8 Å². The van der Waals surface area contributed by atoms with E-state index in [1.165, 1.54) is 12.8 Å². The fraction of sp³-hybridized carbons (Fsp3) is 1.00. The lowest BCUT2D eigenvalue weighted by atomic mass is 10.2. The highest BCUT2D eigenvalue weighted by molar-refractivity contribution is 4.71. The molecule has 0 radical (unpaired) electrons. The Morgan fingerprint density at radius 3 is 2.44 bits per heavy atom. The fourth-order valence-electron chi connectivity index (χ4n) is 1.90. The third-order valence-electron chi connectivity index (χ3n) is 2.93. The molecular weight excluding hydrogens is 200 g/mol. The van der Waals surface area contributed by atoms with Crippen molar-refractivity contribution >= 4 is 0 Å². The number of rotatable bonds is 11. The zero-order valence-corrected chi connectivity index (χ0v) is 11.6. The maximum absolute atomic E-state index is 5.42. The number of likely N-dealkylation sites (N-methyl/N-ethyl adjacent to an activating group) is 1. The average molecular weight is 230 g/mol. The summed E-state index contributed by atoms with van der Waals surface area (Å²) in [7, 11) is 0. The number of nitrogens with one attached hydrogen (secondary N) is 1. The van der Waals surface area contributed by atoms with Gasteiger partial charge in [-0.25, -0.2) is 0 Å². The summed E-state index contributed by atoms with van der Waals surface area (Å²) >= 11 is 0. The molecule has 3 nitrogen and oxygen atoms in total. The van der Waals surface area contributed by atoms with Crippen LogP contribution in [0.4, 0.5) is 0 Å². The van der Waals surface area contributed by atoms with Crippen molar-refractivity contribution < 1.29 is 4.74 Å².